The van der Waals surface area contributed by atoms with Crippen LogP contribution in [0, 0.1) is 23.4 Å². The van der Waals surface area contributed by atoms with E-state index in [2.05, 4.69) is 31.2 Å². The molecule has 0 spiro atoms. The number of hydrogen-bond donors (Lipinski definition) is 0. The Labute approximate surface area is 211 Å². The molecule has 0 amide bonds. The molecule has 2 nitrogen and oxygen atoms in total. The number of benzene rings is 3. The van der Waals surface area contributed by atoms with Crippen molar-refractivity contribution < 1.29 is 22.7 Å². The molecule has 0 aromatic heterocycles. The van der Waals surface area contributed by atoms with Gasteiger partial charge in [0.05, 0.1) is 5.56 Å². The summed E-state index contributed by atoms with van der Waals surface area (Å²) >= 11 is 0. The number of carbonyl (C=O) groups excluding carboxylic acids is 1. The van der Waals surface area contributed by atoms with Crippen molar-refractivity contribution in [3.05, 3.63) is 100 Å². The molecule has 0 N–H and O–H groups in total. The third-order valence-corrected chi connectivity index (χ3v) is 7.41. The molecular weight excluding hydrogens is 461 g/mol. The highest BCUT2D eigenvalue weighted by Gasteiger charge is 2.25. The van der Waals surface area contributed by atoms with E-state index in [1.165, 1.54) is 17.7 Å². The second-order valence-electron chi connectivity index (χ2n) is 10.0. The van der Waals surface area contributed by atoms with Crippen LogP contribution in [0.4, 0.5) is 13.2 Å². The Hall–Kier alpha value is -3.08. The van der Waals surface area contributed by atoms with Crippen LogP contribution in [-0.4, -0.2) is 5.97 Å². The van der Waals surface area contributed by atoms with Gasteiger partial charge in [0, 0.05) is 17.7 Å². The van der Waals surface area contributed by atoms with E-state index >= 15 is 0 Å². The van der Waals surface area contributed by atoms with Gasteiger partial charge in [0.15, 0.2) is 0 Å². The Kier molecular flexibility index (Phi) is 8.50. The second kappa shape index (κ2) is 11.8. The van der Waals surface area contributed by atoms with E-state index in [4.69, 9.17) is 4.74 Å². The summed E-state index contributed by atoms with van der Waals surface area (Å²) in [7, 11) is 0. The number of carbonyl (C=O) groups is 1. The molecule has 3 aromatic rings. The molecule has 3 aromatic carbocycles. The van der Waals surface area contributed by atoms with Crippen LogP contribution >= 0.6 is 0 Å². The SMILES string of the molecule is CCCc1c(F)cc(OC(=O)c2ccc(C3CCC(C[C@H](C)c4ccccc4)CC3)cc2F)cc1F. The summed E-state index contributed by atoms with van der Waals surface area (Å²) in [6.07, 6.45) is 6.14. The van der Waals surface area contributed by atoms with Crippen molar-refractivity contribution in [2.24, 2.45) is 5.92 Å². The summed E-state index contributed by atoms with van der Waals surface area (Å²) in [6, 6.07) is 17.1. The van der Waals surface area contributed by atoms with Gasteiger partial charge in [-0.15, -0.1) is 0 Å². The van der Waals surface area contributed by atoms with E-state index in [9.17, 15) is 18.0 Å². The standard InChI is InChI=1S/C31H33F3O2/c1-3-7-26-29(33)18-25(19-30(26)34)36-31(35)27-15-14-24(17-28(27)32)23-12-10-21(11-13-23)16-20(2)22-8-5-4-6-9-22/h4-6,8-9,14-15,17-21,23H,3,7,10-13,16H2,1-2H3/t20-,21?,23?/m0/s1. The molecule has 1 aliphatic rings. The Morgan fingerprint density at radius 3 is 2.19 bits per heavy atom. The zero-order valence-corrected chi connectivity index (χ0v) is 20.9. The first-order valence-electron chi connectivity index (χ1n) is 12.9. The molecule has 0 saturated heterocycles. The highest BCUT2D eigenvalue weighted by atomic mass is 19.1. The highest BCUT2D eigenvalue weighted by molar-refractivity contribution is 5.91. The fourth-order valence-electron chi connectivity index (χ4n) is 5.39. The number of ether oxygens (including phenoxy) is 1. The molecule has 1 aliphatic carbocycles. The summed E-state index contributed by atoms with van der Waals surface area (Å²) < 4.78 is 48.3. The molecule has 1 saturated carbocycles. The van der Waals surface area contributed by atoms with Crippen LogP contribution < -0.4 is 4.74 Å². The van der Waals surface area contributed by atoms with Crippen molar-refractivity contribution >= 4 is 5.97 Å². The molecule has 190 valence electrons. The van der Waals surface area contributed by atoms with Crippen LogP contribution in [0.15, 0.2) is 60.7 Å². The van der Waals surface area contributed by atoms with Crippen LogP contribution in [0.3, 0.4) is 0 Å². The molecule has 0 heterocycles. The van der Waals surface area contributed by atoms with Crippen LogP contribution in [-0.2, 0) is 6.42 Å². The van der Waals surface area contributed by atoms with Gasteiger partial charge in [-0.25, -0.2) is 18.0 Å². The molecule has 1 atom stereocenters. The third kappa shape index (κ3) is 6.18. The lowest BCUT2D eigenvalue weighted by atomic mass is 9.75. The topological polar surface area (TPSA) is 26.3 Å². The van der Waals surface area contributed by atoms with E-state index in [0.29, 0.717) is 18.3 Å². The first-order valence-corrected chi connectivity index (χ1v) is 12.9. The van der Waals surface area contributed by atoms with Gasteiger partial charge in [-0.1, -0.05) is 56.7 Å². The minimum atomic E-state index is -0.973. The number of hydrogen-bond acceptors (Lipinski definition) is 2. The second-order valence-corrected chi connectivity index (χ2v) is 10.0. The predicted molar refractivity (Wildman–Crippen MR) is 136 cm³/mol. The van der Waals surface area contributed by atoms with Crippen molar-refractivity contribution in [2.75, 3.05) is 0 Å². The summed E-state index contributed by atoms with van der Waals surface area (Å²) in [5.74, 6) is -2.06. The minimum absolute atomic E-state index is 0.0444. The first kappa shape index (κ1) is 26.0. The van der Waals surface area contributed by atoms with E-state index < -0.39 is 23.4 Å². The fraction of sp³-hybridized carbons (Fsp3) is 0.387. The molecule has 0 bridgehead atoms. The summed E-state index contributed by atoms with van der Waals surface area (Å²) in [5, 5.41) is 0. The van der Waals surface area contributed by atoms with Gasteiger partial charge < -0.3 is 4.74 Å². The predicted octanol–water partition coefficient (Wildman–Crippen LogP) is 8.74. The van der Waals surface area contributed by atoms with Crippen molar-refractivity contribution in [2.45, 2.75) is 70.6 Å². The molecule has 0 unspecified atom stereocenters. The van der Waals surface area contributed by atoms with Crippen LogP contribution in [0.1, 0.15) is 91.3 Å². The van der Waals surface area contributed by atoms with Gasteiger partial charge in [-0.05, 0) is 79.5 Å². The number of esters is 1. The summed E-state index contributed by atoms with van der Waals surface area (Å²) in [6.45, 7) is 4.09. The van der Waals surface area contributed by atoms with Crippen molar-refractivity contribution in [1.29, 1.82) is 0 Å². The van der Waals surface area contributed by atoms with Crippen molar-refractivity contribution in [1.82, 2.24) is 0 Å². The average Bonchev–Trinajstić information content (AvgIpc) is 2.87. The normalized spacial score (nSPS) is 18.6. The fourth-order valence-corrected chi connectivity index (χ4v) is 5.39. The number of rotatable bonds is 8. The maximum absolute atomic E-state index is 14.9. The van der Waals surface area contributed by atoms with E-state index in [-0.39, 0.29) is 29.2 Å². The first-order chi connectivity index (χ1) is 17.4. The van der Waals surface area contributed by atoms with E-state index in [1.807, 2.05) is 13.0 Å². The van der Waals surface area contributed by atoms with Gasteiger partial charge in [-0.2, -0.15) is 0 Å². The van der Waals surface area contributed by atoms with Crippen LogP contribution in [0.5, 0.6) is 5.75 Å². The maximum atomic E-state index is 14.9. The molecular formula is C31H33F3O2. The molecule has 0 radical (unpaired) electrons. The maximum Gasteiger partial charge on any atom is 0.346 e. The van der Waals surface area contributed by atoms with Gasteiger partial charge in [0.1, 0.15) is 23.2 Å². The van der Waals surface area contributed by atoms with Crippen LogP contribution in [0.25, 0.3) is 0 Å². The Balaban J connectivity index is 1.35. The van der Waals surface area contributed by atoms with Crippen molar-refractivity contribution in [3.8, 4) is 5.75 Å². The highest BCUT2D eigenvalue weighted by Crippen LogP contribution is 2.40. The van der Waals surface area contributed by atoms with Gasteiger partial charge in [0.2, 0.25) is 0 Å². The molecule has 5 heteroatoms. The summed E-state index contributed by atoms with van der Waals surface area (Å²) in [5.41, 5.74) is 1.95. The monoisotopic (exact) mass is 494 g/mol. The Morgan fingerprint density at radius 1 is 0.917 bits per heavy atom. The number of halogens is 3. The average molecular weight is 495 g/mol. The van der Waals surface area contributed by atoms with E-state index in [0.717, 1.165) is 49.8 Å². The van der Waals surface area contributed by atoms with Gasteiger partial charge in [0.25, 0.3) is 0 Å². The lowest BCUT2D eigenvalue weighted by molar-refractivity contribution is 0.0729. The zero-order chi connectivity index (χ0) is 25.7. The van der Waals surface area contributed by atoms with Crippen LogP contribution in [0.2, 0.25) is 0 Å². The quantitative estimate of drug-likeness (QED) is 0.231. The lowest BCUT2D eigenvalue weighted by Crippen LogP contribution is -2.16. The summed E-state index contributed by atoms with van der Waals surface area (Å²) in [4.78, 5) is 12.5. The third-order valence-electron chi connectivity index (χ3n) is 7.41. The lowest BCUT2D eigenvalue weighted by Gasteiger charge is -2.30. The smallest absolute Gasteiger partial charge is 0.346 e. The molecule has 0 aliphatic heterocycles. The van der Waals surface area contributed by atoms with Gasteiger partial charge in [-0.3, -0.25) is 0 Å². The molecule has 4 rings (SSSR count). The minimum Gasteiger partial charge on any atom is -0.423 e. The Morgan fingerprint density at radius 2 is 1.58 bits per heavy atom. The van der Waals surface area contributed by atoms with Gasteiger partial charge >= 0.3 is 5.97 Å². The molecule has 1 fully saturated rings. The van der Waals surface area contributed by atoms with E-state index in [1.54, 1.807) is 6.07 Å². The largest absolute Gasteiger partial charge is 0.423 e. The zero-order valence-electron chi connectivity index (χ0n) is 20.9. The Bertz CT molecular complexity index is 1160. The van der Waals surface area contributed by atoms with Crippen molar-refractivity contribution in [3.63, 3.8) is 0 Å². The molecule has 36 heavy (non-hydrogen) atoms.